The number of hydrogen-bond donors (Lipinski definition) is 2. The van der Waals surface area contributed by atoms with Gasteiger partial charge in [-0.15, -0.1) is 0 Å². The Balaban J connectivity index is 1.64. The molecule has 1 fully saturated rings. The number of aliphatic hydroxyl groups is 1. The zero-order valence-corrected chi connectivity index (χ0v) is 14.3. The van der Waals surface area contributed by atoms with Crippen molar-refractivity contribution in [1.82, 2.24) is 9.97 Å². The molecule has 2 N–H and O–H groups in total. The minimum Gasteiger partial charge on any atom is -0.393 e. The van der Waals surface area contributed by atoms with Crippen molar-refractivity contribution in [2.45, 2.75) is 23.8 Å². The fraction of sp³-hybridized carbons (Fsp3) is 0.278. The van der Waals surface area contributed by atoms with Gasteiger partial charge in [-0.25, -0.2) is 9.97 Å². The summed E-state index contributed by atoms with van der Waals surface area (Å²) in [6.45, 7) is 1.45. The molecule has 7 heteroatoms. The number of allylic oxidation sites excluding steroid dienone is 1. The Morgan fingerprint density at radius 3 is 2.84 bits per heavy atom. The van der Waals surface area contributed by atoms with Gasteiger partial charge in [0.1, 0.15) is 11.6 Å². The summed E-state index contributed by atoms with van der Waals surface area (Å²) in [6, 6.07) is 12.0. The number of thioether (sulfide) groups is 1. The molecule has 0 radical (unpaired) electrons. The van der Waals surface area contributed by atoms with E-state index in [0.717, 1.165) is 28.7 Å². The van der Waals surface area contributed by atoms with E-state index in [2.05, 4.69) is 26.3 Å². The maximum Gasteiger partial charge on any atom is 0.225 e. The van der Waals surface area contributed by atoms with Gasteiger partial charge in [-0.3, -0.25) is 0 Å². The quantitative estimate of drug-likeness (QED) is 0.805. The molecule has 0 saturated carbocycles. The van der Waals surface area contributed by atoms with Crippen LogP contribution in [0.2, 0.25) is 0 Å². The molecule has 4 rings (SSSR count). The van der Waals surface area contributed by atoms with Crippen LogP contribution in [0.5, 0.6) is 0 Å². The molecule has 3 heterocycles. The van der Waals surface area contributed by atoms with Crippen molar-refractivity contribution in [2.24, 2.45) is 0 Å². The number of nitriles is 1. The summed E-state index contributed by atoms with van der Waals surface area (Å²) in [7, 11) is 0. The number of piperidine rings is 1. The first-order valence-corrected chi connectivity index (χ1v) is 9.01. The lowest BCUT2D eigenvalue weighted by Crippen LogP contribution is -2.36. The summed E-state index contributed by atoms with van der Waals surface area (Å²) in [5.74, 6) is 0.610. The fourth-order valence-electron chi connectivity index (χ4n) is 2.96. The molecule has 126 valence electrons. The molecule has 0 atom stereocenters. The van der Waals surface area contributed by atoms with Crippen LogP contribution in [0.1, 0.15) is 18.5 Å². The third-order valence-electron chi connectivity index (χ3n) is 4.33. The molecular weight excluding hydrogens is 334 g/mol. The lowest BCUT2D eigenvalue weighted by molar-refractivity contribution is 0.145. The first-order valence-electron chi connectivity index (χ1n) is 8.19. The standard InChI is InChI=1S/C18H17N5OS/c19-11-13(17-21-15-3-1-2-4-16(15)25-17)14-5-8-20-18(22-14)23-9-6-12(24)7-10-23/h1-5,8,12,21,24H,6-7,9-10H2/b17-13+. The van der Waals surface area contributed by atoms with Crippen LogP contribution in [-0.4, -0.2) is 34.3 Å². The lowest BCUT2D eigenvalue weighted by Gasteiger charge is -2.29. The molecule has 0 aliphatic carbocycles. The summed E-state index contributed by atoms with van der Waals surface area (Å²) < 4.78 is 0. The number of fused-ring (bicyclic) bond motifs is 1. The number of benzene rings is 1. The van der Waals surface area contributed by atoms with Crippen molar-refractivity contribution in [2.75, 3.05) is 23.3 Å². The van der Waals surface area contributed by atoms with Crippen LogP contribution in [-0.2, 0) is 0 Å². The van der Waals surface area contributed by atoms with Crippen LogP contribution < -0.4 is 10.2 Å². The van der Waals surface area contributed by atoms with Crippen LogP contribution in [0, 0.1) is 11.3 Å². The van der Waals surface area contributed by atoms with Gasteiger partial charge in [-0.05, 0) is 31.0 Å². The van der Waals surface area contributed by atoms with Crippen molar-refractivity contribution >= 4 is 29.0 Å². The zero-order chi connectivity index (χ0) is 17.2. The van der Waals surface area contributed by atoms with E-state index in [9.17, 15) is 10.4 Å². The Labute approximate surface area is 150 Å². The molecule has 25 heavy (non-hydrogen) atoms. The van der Waals surface area contributed by atoms with E-state index in [1.807, 2.05) is 24.3 Å². The minimum absolute atomic E-state index is 0.242. The van der Waals surface area contributed by atoms with Crippen molar-refractivity contribution in [1.29, 1.82) is 5.26 Å². The summed E-state index contributed by atoms with van der Waals surface area (Å²) in [4.78, 5) is 12.1. The van der Waals surface area contributed by atoms with Gasteiger partial charge in [0.25, 0.3) is 0 Å². The third kappa shape index (κ3) is 3.18. The molecule has 2 aliphatic rings. The molecular formula is C18H17N5OS. The second-order valence-electron chi connectivity index (χ2n) is 6.00. The highest BCUT2D eigenvalue weighted by Crippen LogP contribution is 2.43. The average molecular weight is 351 g/mol. The van der Waals surface area contributed by atoms with Gasteiger partial charge in [0, 0.05) is 24.2 Å². The van der Waals surface area contributed by atoms with Crippen molar-refractivity contribution < 1.29 is 5.11 Å². The second kappa shape index (κ2) is 6.75. The second-order valence-corrected chi connectivity index (χ2v) is 7.05. The molecule has 1 saturated heterocycles. The Morgan fingerprint density at radius 1 is 1.28 bits per heavy atom. The topological polar surface area (TPSA) is 85.1 Å². The molecule has 2 aliphatic heterocycles. The predicted molar refractivity (Wildman–Crippen MR) is 97.9 cm³/mol. The monoisotopic (exact) mass is 351 g/mol. The van der Waals surface area contributed by atoms with Gasteiger partial charge in [0.15, 0.2) is 0 Å². The maximum atomic E-state index is 9.69. The molecule has 6 nitrogen and oxygen atoms in total. The Morgan fingerprint density at radius 2 is 2.08 bits per heavy atom. The highest BCUT2D eigenvalue weighted by Gasteiger charge is 2.23. The lowest BCUT2D eigenvalue weighted by atomic mass is 10.1. The summed E-state index contributed by atoms with van der Waals surface area (Å²) >= 11 is 1.54. The number of nitrogens with zero attached hydrogens (tertiary/aromatic N) is 4. The van der Waals surface area contributed by atoms with Crippen LogP contribution >= 0.6 is 11.8 Å². The molecule has 1 aromatic heterocycles. The van der Waals surface area contributed by atoms with E-state index < -0.39 is 0 Å². The largest absolute Gasteiger partial charge is 0.393 e. The number of hydrogen-bond acceptors (Lipinski definition) is 7. The van der Waals surface area contributed by atoms with Crippen LogP contribution in [0.25, 0.3) is 5.57 Å². The van der Waals surface area contributed by atoms with Gasteiger partial charge < -0.3 is 15.3 Å². The molecule has 1 aromatic carbocycles. The SMILES string of the molecule is N#C/C(=C1/Nc2ccccc2S1)c1ccnc(N2CCC(O)CC2)n1. The van der Waals surface area contributed by atoms with E-state index >= 15 is 0 Å². The van der Waals surface area contributed by atoms with E-state index in [4.69, 9.17) is 0 Å². The number of anilines is 2. The number of aliphatic hydroxyl groups excluding tert-OH is 1. The van der Waals surface area contributed by atoms with Crippen LogP contribution in [0.4, 0.5) is 11.6 Å². The smallest absolute Gasteiger partial charge is 0.225 e. The van der Waals surface area contributed by atoms with Crippen molar-refractivity contribution in [3.05, 3.63) is 47.3 Å². The first-order chi connectivity index (χ1) is 12.2. The van der Waals surface area contributed by atoms with E-state index in [-0.39, 0.29) is 6.10 Å². The van der Waals surface area contributed by atoms with E-state index in [1.165, 1.54) is 0 Å². The molecule has 0 unspecified atom stereocenters. The summed E-state index contributed by atoms with van der Waals surface area (Å²) in [5, 5.41) is 23.4. The Kier molecular flexibility index (Phi) is 4.30. The van der Waals surface area contributed by atoms with Crippen molar-refractivity contribution in [3.63, 3.8) is 0 Å². The molecule has 0 spiro atoms. The predicted octanol–water partition coefficient (Wildman–Crippen LogP) is 2.85. The normalized spacial score (nSPS) is 19.1. The van der Waals surface area contributed by atoms with E-state index in [0.29, 0.717) is 30.1 Å². The Hall–Kier alpha value is -2.56. The zero-order valence-electron chi connectivity index (χ0n) is 13.5. The third-order valence-corrected chi connectivity index (χ3v) is 5.42. The fourth-order valence-corrected chi connectivity index (χ4v) is 3.97. The summed E-state index contributed by atoms with van der Waals surface area (Å²) in [5.41, 5.74) is 2.14. The maximum absolute atomic E-state index is 9.69. The number of para-hydroxylation sites is 1. The number of rotatable bonds is 2. The van der Waals surface area contributed by atoms with Gasteiger partial charge in [-0.2, -0.15) is 5.26 Å². The molecule has 2 aromatic rings. The highest BCUT2D eigenvalue weighted by atomic mass is 32.2. The molecule has 0 amide bonds. The molecule has 0 bridgehead atoms. The van der Waals surface area contributed by atoms with Gasteiger partial charge in [-0.1, -0.05) is 23.9 Å². The minimum atomic E-state index is -0.242. The van der Waals surface area contributed by atoms with Crippen molar-refractivity contribution in [3.8, 4) is 6.07 Å². The van der Waals surface area contributed by atoms with E-state index in [1.54, 1.807) is 24.0 Å². The van der Waals surface area contributed by atoms with Crippen LogP contribution in [0.15, 0.2) is 46.5 Å². The number of nitrogens with one attached hydrogen (secondary N) is 1. The summed E-state index contributed by atoms with van der Waals surface area (Å²) in [6.07, 6.45) is 2.88. The average Bonchev–Trinajstić information content (AvgIpc) is 3.07. The van der Waals surface area contributed by atoms with Gasteiger partial charge >= 0.3 is 0 Å². The Bertz CT molecular complexity index is 841. The number of aromatic nitrogens is 2. The van der Waals surface area contributed by atoms with Gasteiger partial charge in [0.2, 0.25) is 5.95 Å². The first kappa shape index (κ1) is 15.9. The van der Waals surface area contributed by atoms with Gasteiger partial charge in [0.05, 0.1) is 22.5 Å². The highest BCUT2D eigenvalue weighted by molar-refractivity contribution is 8.04. The van der Waals surface area contributed by atoms with Crippen LogP contribution in [0.3, 0.4) is 0 Å².